The molecule has 1 N–H and O–H groups in total. The number of nitrogens with zero attached hydrogens (tertiary/aromatic N) is 5. The largest absolute Gasteiger partial charge is 0.450 e. The van der Waals surface area contributed by atoms with Gasteiger partial charge in [0.2, 0.25) is 5.91 Å². The summed E-state index contributed by atoms with van der Waals surface area (Å²) >= 11 is 7.49. The number of carbonyl (C=O) groups is 2. The number of piperazine rings is 1. The van der Waals surface area contributed by atoms with Gasteiger partial charge in [-0.05, 0) is 37.1 Å². The van der Waals surface area contributed by atoms with Crippen molar-refractivity contribution >= 4 is 56.7 Å². The van der Waals surface area contributed by atoms with Crippen molar-refractivity contribution in [1.29, 1.82) is 0 Å². The summed E-state index contributed by atoms with van der Waals surface area (Å²) in [6, 6.07) is 4.45. The Morgan fingerprint density at radius 2 is 2.00 bits per heavy atom. The Morgan fingerprint density at radius 3 is 2.76 bits per heavy atom. The number of fused-ring (bicyclic) bond motifs is 3. The van der Waals surface area contributed by atoms with Gasteiger partial charge in [-0.15, -0.1) is 11.3 Å². The van der Waals surface area contributed by atoms with Crippen molar-refractivity contribution in [3.63, 3.8) is 0 Å². The number of aromatic nitrogens is 2. The standard InChI is InChI=1S/C26H28ClFN6O3S/c1-2-37-26(36)33-12-10-32(11-13-33)8-3-4-22(35)34-9-7-18-21(15-34)38-25-23(18)24(29-16-30-25)31-17-5-6-20(28)19(27)14-17/h3-6,14,16H,2,7-13,15H2,1H3,(H,29,30,31). The molecule has 0 bridgehead atoms. The van der Waals surface area contributed by atoms with Gasteiger partial charge in [0.1, 0.15) is 22.8 Å². The van der Waals surface area contributed by atoms with Crippen molar-refractivity contribution in [3.05, 3.63) is 58.0 Å². The second kappa shape index (κ2) is 11.6. The maximum absolute atomic E-state index is 13.6. The summed E-state index contributed by atoms with van der Waals surface area (Å²) in [5.41, 5.74) is 1.77. The van der Waals surface area contributed by atoms with Crippen molar-refractivity contribution in [2.24, 2.45) is 0 Å². The number of carbonyl (C=O) groups excluding carboxylic acids is 2. The summed E-state index contributed by atoms with van der Waals surface area (Å²) < 4.78 is 18.6. The van der Waals surface area contributed by atoms with Crippen LogP contribution in [0.5, 0.6) is 0 Å². The van der Waals surface area contributed by atoms with E-state index in [-0.39, 0.29) is 17.0 Å². The Labute approximate surface area is 228 Å². The van der Waals surface area contributed by atoms with Crippen LogP contribution in [-0.2, 0) is 22.5 Å². The lowest BCUT2D eigenvalue weighted by Crippen LogP contribution is -2.48. The zero-order valence-corrected chi connectivity index (χ0v) is 22.5. The van der Waals surface area contributed by atoms with Crippen molar-refractivity contribution in [2.45, 2.75) is 19.9 Å². The molecule has 0 spiro atoms. The Kier molecular flexibility index (Phi) is 8.06. The van der Waals surface area contributed by atoms with Gasteiger partial charge in [0, 0.05) is 55.9 Å². The zero-order chi connectivity index (χ0) is 26.6. The van der Waals surface area contributed by atoms with E-state index in [1.807, 2.05) is 11.0 Å². The van der Waals surface area contributed by atoms with Gasteiger partial charge in [0.15, 0.2) is 0 Å². The SMILES string of the molecule is CCOC(=O)N1CCN(CC=CC(=O)N2CCc3c(sc4ncnc(Nc5ccc(F)c(Cl)c5)c34)C2)CC1. The molecule has 5 rings (SSSR count). The highest BCUT2D eigenvalue weighted by Crippen LogP contribution is 2.38. The molecule has 12 heteroatoms. The number of nitrogens with one attached hydrogen (secondary N) is 1. The molecule has 2 amide bonds. The molecule has 1 aromatic carbocycles. The maximum atomic E-state index is 13.6. The van der Waals surface area contributed by atoms with E-state index in [1.165, 1.54) is 18.5 Å². The molecule has 0 atom stereocenters. The highest BCUT2D eigenvalue weighted by molar-refractivity contribution is 7.19. The molecular formula is C26H28ClFN6O3S. The van der Waals surface area contributed by atoms with Gasteiger partial charge in [-0.25, -0.2) is 19.2 Å². The van der Waals surface area contributed by atoms with Crippen molar-refractivity contribution in [3.8, 4) is 0 Å². The molecule has 200 valence electrons. The van der Waals surface area contributed by atoms with E-state index in [0.717, 1.165) is 33.7 Å². The summed E-state index contributed by atoms with van der Waals surface area (Å²) in [6.07, 6.45) is 5.45. The van der Waals surface area contributed by atoms with Crippen LogP contribution in [0.25, 0.3) is 10.2 Å². The highest BCUT2D eigenvalue weighted by Gasteiger charge is 2.26. The lowest BCUT2D eigenvalue weighted by Gasteiger charge is -2.33. The lowest BCUT2D eigenvalue weighted by molar-refractivity contribution is -0.126. The minimum absolute atomic E-state index is 0.0244. The first-order valence-corrected chi connectivity index (χ1v) is 13.7. The van der Waals surface area contributed by atoms with Crippen LogP contribution in [-0.4, -0.2) is 82.5 Å². The zero-order valence-electron chi connectivity index (χ0n) is 21.0. The molecule has 0 aliphatic carbocycles. The van der Waals surface area contributed by atoms with Crippen LogP contribution in [0.2, 0.25) is 5.02 Å². The first kappa shape index (κ1) is 26.3. The molecule has 0 unspecified atom stereocenters. The van der Waals surface area contributed by atoms with Crippen LogP contribution in [0.15, 0.2) is 36.7 Å². The Bertz CT molecular complexity index is 1370. The van der Waals surface area contributed by atoms with Gasteiger partial charge in [0.25, 0.3) is 0 Å². The fraction of sp³-hybridized carbons (Fsp3) is 0.385. The highest BCUT2D eigenvalue weighted by atomic mass is 35.5. The average molecular weight is 559 g/mol. The summed E-state index contributed by atoms with van der Waals surface area (Å²) in [5, 5.41) is 4.20. The third-order valence-electron chi connectivity index (χ3n) is 6.65. The quantitative estimate of drug-likeness (QED) is 0.447. The fourth-order valence-corrected chi connectivity index (χ4v) is 6.04. The van der Waals surface area contributed by atoms with E-state index in [2.05, 4.69) is 20.2 Å². The van der Waals surface area contributed by atoms with E-state index in [4.69, 9.17) is 16.3 Å². The maximum Gasteiger partial charge on any atom is 0.409 e. The third kappa shape index (κ3) is 5.74. The van der Waals surface area contributed by atoms with Crippen LogP contribution in [0.1, 0.15) is 17.4 Å². The van der Waals surface area contributed by atoms with Gasteiger partial charge in [-0.1, -0.05) is 17.7 Å². The smallest absolute Gasteiger partial charge is 0.409 e. The van der Waals surface area contributed by atoms with Crippen LogP contribution in [0.3, 0.4) is 0 Å². The molecule has 2 aliphatic heterocycles. The molecule has 1 saturated heterocycles. The van der Waals surface area contributed by atoms with Crippen LogP contribution < -0.4 is 5.32 Å². The van der Waals surface area contributed by atoms with Gasteiger partial charge >= 0.3 is 6.09 Å². The van der Waals surface area contributed by atoms with Gasteiger partial charge in [-0.3, -0.25) is 9.69 Å². The third-order valence-corrected chi connectivity index (χ3v) is 8.07. The molecule has 3 aromatic rings. The number of rotatable bonds is 6. The van der Waals surface area contributed by atoms with Crippen LogP contribution in [0, 0.1) is 5.82 Å². The van der Waals surface area contributed by atoms with Crippen molar-refractivity contribution in [1.82, 2.24) is 24.7 Å². The molecule has 9 nitrogen and oxygen atoms in total. The molecular weight excluding hydrogens is 531 g/mol. The van der Waals surface area contributed by atoms with Crippen LogP contribution in [0.4, 0.5) is 20.7 Å². The Morgan fingerprint density at radius 1 is 1.18 bits per heavy atom. The Balaban J connectivity index is 1.20. The second-order valence-electron chi connectivity index (χ2n) is 9.06. The molecule has 2 aromatic heterocycles. The lowest BCUT2D eigenvalue weighted by atomic mass is 10.0. The average Bonchev–Trinajstić information content (AvgIpc) is 3.30. The molecule has 1 fully saturated rings. The van der Waals surface area contributed by atoms with Crippen molar-refractivity contribution in [2.75, 3.05) is 51.2 Å². The monoisotopic (exact) mass is 558 g/mol. The number of hydrogen-bond donors (Lipinski definition) is 1. The fourth-order valence-electron chi connectivity index (χ4n) is 4.66. The van der Waals surface area contributed by atoms with E-state index in [0.29, 0.717) is 57.3 Å². The molecule has 2 aliphatic rings. The molecule has 0 saturated carbocycles. The van der Waals surface area contributed by atoms with Crippen LogP contribution >= 0.6 is 22.9 Å². The number of ether oxygens (including phenoxy) is 1. The number of amides is 2. The van der Waals surface area contributed by atoms with E-state index in [9.17, 15) is 14.0 Å². The first-order valence-electron chi connectivity index (χ1n) is 12.5. The minimum Gasteiger partial charge on any atom is -0.450 e. The van der Waals surface area contributed by atoms with Crippen molar-refractivity contribution < 1.29 is 18.7 Å². The second-order valence-corrected chi connectivity index (χ2v) is 10.5. The topological polar surface area (TPSA) is 90.9 Å². The number of halogens is 2. The predicted molar refractivity (Wildman–Crippen MR) is 145 cm³/mol. The summed E-state index contributed by atoms with van der Waals surface area (Å²) in [6.45, 7) is 6.67. The normalized spacial score (nSPS) is 16.2. The van der Waals surface area contributed by atoms with E-state index in [1.54, 1.807) is 35.3 Å². The van der Waals surface area contributed by atoms with E-state index < -0.39 is 5.82 Å². The van der Waals surface area contributed by atoms with Gasteiger partial charge in [-0.2, -0.15) is 0 Å². The van der Waals surface area contributed by atoms with Gasteiger partial charge < -0.3 is 19.9 Å². The molecule has 4 heterocycles. The Hall–Kier alpha value is -3.28. The number of benzene rings is 1. The van der Waals surface area contributed by atoms with E-state index >= 15 is 0 Å². The first-order chi connectivity index (χ1) is 18.4. The number of anilines is 2. The number of hydrogen-bond acceptors (Lipinski definition) is 8. The molecule has 38 heavy (non-hydrogen) atoms. The molecule has 0 radical (unpaired) electrons. The minimum atomic E-state index is -0.478. The summed E-state index contributed by atoms with van der Waals surface area (Å²) in [7, 11) is 0. The summed E-state index contributed by atoms with van der Waals surface area (Å²) in [5.74, 6) is 0.134. The number of thiophene rings is 1. The summed E-state index contributed by atoms with van der Waals surface area (Å²) in [4.78, 5) is 41.3. The predicted octanol–water partition coefficient (Wildman–Crippen LogP) is 4.44. The van der Waals surface area contributed by atoms with Gasteiger partial charge in [0.05, 0.1) is 23.6 Å².